The van der Waals surface area contributed by atoms with Crippen LogP contribution >= 0.6 is 0 Å². The third kappa shape index (κ3) is 2.92. The highest BCUT2D eigenvalue weighted by Gasteiger charge is 2.23. The van der Waals surface area contributed by atoms with E-state index in [9.17, 15) is 10.2 Å². The highest BCUT2D eigenvalue weighted by molar-refractivity contribution is 4.74. The highest BCUT2D eigenvalue weighted by atomic mass is 16.3. The van der Waals surface area contributed by atoms with Crippen LogP contribution in [0, 0.1) is 0 Å². The van der Waals surface area contributed by atoms with E-state index in [1.165, 1.54) is 0 Å². The van der Waals surface area contributed by atoms with E-state index in [1.54, 1.807) is 0 Å². The zero-order valence-electron chi connectivity index (χ0n) is 9.19. The number of hydrogen-bond donors (Lipinski definition) is 2. The Morgan fingerprint density at radius 3 is 1.36 bits per heavy atom. The number of rotatable bonds is 4. The second-order valence-electron chi connectivity index (χ2n) is 3.85. The van der Waals surface area contributed by atoms with Gasteiger partial charge in [-0.2, -0.15) is 0 Å². The maximum absolute atomic E-state index is 9.61. The van der Waals surface area contributed by atoms with Crippen LogP contribution in [0.3, 0.4) is 0 Å². The molecule has 0 aromatic heterocycles. The molecule has 1 saturated heterocycles. The second kappa shape index (κ2) is 5.66. The first-order chi connectivity index (χ1) is 6.69. The summed E-state index contributed by atoms with van der Waals surface area (Å²) >= 11 is 0. The number of aliphatic hydroxyl groups excluding tert-OH is 2. The van der Waals surface area contributed by atoms with E-state index in [-0.39, 0.29) is 12.5 Å². The van der Waals surface area contributed by atoms with E-state index in [2.05, 4.69) is 9.80 Å². The second-order valence-corrected chi connectivity index (χ2v) is 3.85. The van der Waals surface area contributed by atoms with Crippen molar-refractivity contribution in [1.29, 1.82) is 0 Å². The standard InChI is InChI=1S/C10H22N2O2/c1-3-9(13)11-5-7-12(8-6-11)10(14)4-2/h9-10,13-14H,3-8H2,1-2H3/t9-,10+. The molecule has 0 amide bonds. The van der Waals surface area contributed by atoms with Crippen LogP contribution in [-0.2, 0) is 0 Å². The summed E-state index contributed by atoms with van der Waals surface area (Å²) in [5.74, 6) is 0. The van der Waals surface area contributed by atoms with Crippen LogP contribution in [0.15, 0.2) is 0 Å². The maximum Gasteiger partial charge on any atom is 0.107 e. The van der Waals surface area contributed by atoms with Crippen molar-refractivity contribution in [2.45, 2.75) is 39.1 Å². The highest BCUT2D eigenvalue weighted by Crippen LogP contribution is 2.10. The van der Waals surface area contributed by atoms with Gasteiger partial charge in [-0.25, -0.2) is 0 Å². The minimum Gasteiger partial charge on any atom is -0.378 e. The predicted molar refractivity (Wildman–Crippen MR) is 55.7 cm³/mol. The van der Waals surface area contributed by atoms with Crippen molar-refractivity contribution < 1.29 is 10.2 Å². The molecule has 0 aromatic carbocycles. The van der Waals surface area contributed by atoms with Crippen LogP contribution in [-0.4, -0.2) is 58.6 Å². The van der Waals surface area contributed by atoms with Gasteiger partial charge < -0.3 is 10.2 Å². The Labute approximate surface area is 86.1 Å². The molecule has 0 unspecified atom stereocenters. The Morgan fingerprint density at radius 2 is 1.14 bits per heavy atom. The number of aliphatic hydroxyl groups is 2. The normalized spacial score (nSPS) is 24.9. The van der Waals surface area contributed by atoms with E-state index in [1.807, 2.05) is 13.8 Å². The van der Waals surface area contributed by atoms with Gasteiger partial charge in [-0.1, -0.05) is 13.8 Å². The van der Waals surface area contributed by atoms with Crippen LogP contribution < -0.4 is 0 Å². The van der Waals surface area contributed by atoms with Gasteiger partial charge in [0.15, 0.2) is 0 Å². The van der Waals surface area contributed by atoms with Gasteiger partial charge in [0.2, 0.25) is 0 Å². The van der Waals surface area contributed by atoms with Crippen molar-refractivity contribution in [3.05, 3.63) is 0 Å². The van der Waals surface area contributed by atoms with Gasteiger partial charge in [0.25, 0.3) is 0 Å². The molecule has 1 rings (SSSR count). The Morgan fingerprint density at radius 1 is 0.857 bits per heavy atom. The molecule has 0 aromatic rings. The van der Waals surface area contributed by atoms with E-state index >= 15 is 0 Å². The van der Waals surface area contributed by atoms with Crippen molar-refractivity contribution in [3.8, 4) is 0 Å². The van der Waals surface area contributed by atoms with Crippen molar-refractivity contribution in [2.75, 3.05) is 26.2 Å². The Balaban J connectivity index is 2.31. The molecule has 0 radical (unpaired) electrons. The monoisotopic (exact) mass is 202 g/mol. The summed E-state index contributed by atoms with van der Waals surface area (Å²) in [5, 5.41) is 19.2. The first kappa shape index (κ1) is 11.9. The third-order valence-electron chi connectivity index (χ3n) is 2.92. The lowest BCUT2D eigenvalue weighted by Crippen LogP contribution is -2.52. The quantitative estimate of drug-likeness (QED) is 0.677. The number of nitrogens with zero attached hydrogens (tertiary/aromatic N) is 2. The fourth-order valence-corrected chi connectivity index (χ4v) is 1.85. The average molecular weight is 202 g/mol. The lowest BCUT2D eigenvalue weighted by molar-refractivity contribution is -0.0704. The van der Waals surface area contributed by atoms with Crippen LogP contribution in [0.4, 0.5) is 0 Å². The molecule has 0 bridgehead atoms. The van der Waals surface area contributed by atoms with Crippen LogP contribution in [0.25, 0.3) is 0 Å². The average Bonchev–Trinajstić information content (AvgIpc) is 2.27. The summed E-state index contributed by atoms with van der Waals surface area (Å²) in [6.45, 7) is 7.38. The van der Waals surface area contributed by atoms with Gasteiger partial charge >= 0.3 is 0 Å². The van der Waals surface area contributed by atoms with Crippen molar-refractivity contribution in [1.82, 2.24) is 9.80 Å². The molecule has 0 spiro atoms. The van der Waals surface area contributed by atoms with Crippen molar-refractivity contribution in [3.63, 3.8) is 0 Å². The molecule has 0 aliphatic carbocycles. The Kier molecular flexibility index (Phi) is 4.81. The molecule has 4 heteroatoms. The third-order valence-corrected chi connectivity index (χ3v) is 2.92. The lowest BCUT2D eigenvalue weighted by Gasteiger charge is -2.38. The summed E-state index contributed by atoms with van der Waals surface area (Å²) in [6.07, 6.45) is 0.930. The molecule has 4 nitrogen and oxygen atoms in total. The molecular formula is C10H22N2O2. The first-order valence-electron chi connectivity index (χ1n) is 5.53. The van der Waals surface area contributed by atoms with Gasteiger partial charge in [-0.05, 0) is 12.8 Å². The van der Waals surface area contributed by atoms with E-state index in [4.69, 9.17) is 0 Å². The van der Waals surface area contributed by atoms with Crippen LogP contribution in [0.2, 0.25) is 0 Å². The van der Waals surface area contributed by atoms with E-state index in [0.29, 0.717) is 0 Å². The van der Waals surface area contributed by atoms with Gasteiger partial charge in [0, 0.05) is 26.2 Å². The van der Waals surface area contributed by atoms with Crippen LogP contribution in [0.5, 0.6) is 0 Å². The summed E-state index contributed by atoms with van der Waals surface area (Å²) in [7, 11) is 0. The van der Waals surface area contributed by atoms with Crippen molar-refractivity contribution in [2.24, 2.45) is 0 Å². The molecule has 1 heterocycles. The van der Waals surface area contributed by atoms with E-state index in [0.717, 1.165) is 39.0 Å². The molecule has 14 heavy (non-hydrogen) atoms. The fraction of sp³-hybridized carbons (Fsp3) is 1.00. The molecule has 2 N–H and O–H groups in total. The Hall–Kier alpha value is -0.160. The molecular weight excluding hydrogens is 180 g/mol. The summed E-state index contributed by atoms with van der Waals surface area (Å²) in [6, 6.07) is 0. The molecule has 84 valence electrons. The minimum atomic E-state index is -0.309. The largest absolute Gasteiger partial charge is 0.378 e. The minimum absolute atomic E-state index is 0.309. The summed E-state index contributed by atoms with van der Waals surface area (Å²) < 4.78 is 0. The van der Waals surface area contributed by atoms with Crippen LogP contribution in [0.1, 0.15) is 26.7 Å². The topological polar surface area (TPSA) is 46.9 Å². The first-order valence-corrected chi connectivity index (χ1v) is 5.53. The van der Waals surface area contributed by atoms with E-state index < -0.39 is 0 Å². The van der Waals surface area contributed by atoms with Gasteiger partial charge in [-0.15, -0.1) is 0 Å². The predicted octanol–water partition coefficient (Wildman–Crippen LogP) is 0.0608. The smallest absolute Gasteiger partial charge is 0.107 e. The lowest BCUT2D eigenvalue weighted by atomic mass is 10.2. The molecule has 0 saturated carbocycles. The fourth-order valence-electron chi connectivity index (χ4n) is 1.85. The zero-order valence-corrected chi connectivity index (χ0v) is 9.19. The van der Waals surface area contributed by atoms with Crippen molar-refractivity contribution >= 4 is 0 Å². The number of hydrogen-bond acceptors (Lipinski definition) is 4. The molecule has 1 aliphatic heterocycles. The molecule has 2 atom stereocenters. The summed E-state index contributed by atoms with van der Waals surface area (Å²) in [5.41, 5.74) is 0. The molecule has 1 aliphatic rings. The van der Waals surface area contributed by atoms with Gasteiger partial charge in [0.1, 0.15) is 12.5 Å². The molecule has 1 fully saturated rings. The number of piperazine rings is 1. The maximum atomic E-state index is 9.61. The SMILES string of the molecule is CC[C@@H](O)N1CCN([C@@H](O)CC)CC1. The summed E-state index contributed by atoms with van der Waals surface area (Å²) in [4.78, 5) is 4.14. The van der Waals surface area contributed by atoms with Gasteiger partial charge in [0.05, 0.1) is 0 Å². The van der Waals surface area contributed by atoms with Gasteiger partial charge in [-0.3, -0.25) is 9.80 Å². The zero-order chi connectivity index (χ0) is 10.6. The Bertz CT molecular complexity index is 140.